The van der Waals surface area contributed by atoms with Crippen LogP contribution >= 0.6 is 0 Å². The highest BCUT2D eigenvalue weighted by molar-refractivity contribution is 5.89. The first-order chi connectivity index (χ1) is 19.2. The van der Waals surface area contributed by atoms with E-state index in [1.54, 1.807) is 12.1 Å². The van der Waals surface area contributed by atoms with E-state index < -0.39 is 0 Å². The Labute approximate surface area is 238 Å². The van der Waals surface area contributed by atoms with E-state index in [0.717, 1.165) is 19.3 Å². The molecule has 0 aliphatic rings. The van der Waals surface area contributed by atoms with Crippen LogP contribution in [0, 0.1) is 0 Å². The molecule has 0 heterocycles. The molecular weight excluding hydrogens is 476 g/mol. The van der Waals surface area contributed by atoms with Crippen LogP contribution in [0.15, 0.2) is 78.9 Å². The third kappa shape index (κ3) is 12.2. The highest BCUT2D eigenvalue weighted by atomic mass is 16.5. The van der Waals surface area contributed by atoms with E-state index in [-0.39, 0.29) is 12.1 Å². The molecule has 2 heteroatoms. The van der Waals surface area contributed by atoms with Crippen molar-refractivity contribution in [1.29, 1.82) is 0 Å². The van der Waals surface area contributed by atoms with Crippen LogP contribution in [-0.2, 0) is 17.6 Å². The largest absolute Gasteiger partial charge is 0.459 e. The number of benzene rings is 3. The van der Waals surface area contributed by atoms with Crippen molar-refractivity contribution in [2.24, 2.45) is 0 Å². The van der Waals surface area contributed by atoms with Gasteiger partial charge in [-0.3, -0.25) is 0 Å². The molecule has 0 aromatic heterocycles. The Kier molecular flexibility index (Phi) is 14.5. The van der Waals surface area contributed by atoms with E-state index in [4.69, 9.17) is 4.74 Å². The standard InChI is InChI=1S/C37H50O2/c1-3-4-5-6-7-8-9-14-19-32-23-27-34(28-24-32)35-29-25-33(26-30-35)20-15-11-10-13-18-31(2)39-37(38)36-21-16-12-17-22-36/h12,16-17,21-31H,3-11,13-15,18-20H2,1-2H3. The van der Waals surface area contributed by atoms with Crippen LogP contribution in [0.5, 0.6) is 0 Å². The van der Waals surface area contributed by atoms with Crippen LogP contribution in [0.25, 0.3) is 11.1 Å². The molecular formula is C37H50O2. The number of aryl methyl sites for hydroxylation is 2. The Bertz CT molecular complexity index is 1040. The van der Waals surface area contributed by atoms with Gasteiger partial charge in [0.15, 0.2) is 0 Å². The Morgan fingerprint density at radius 2 is 1.05 bits per heavy atom. The number of ether oxygens (including phenoxy) is 1. The fourth-order valence-corrected chi connectivity index (χ4v) is 5.19. The average Bonchev–Trinajstić information content (AvgIpc) is 2.97. The minimum atomic E-state index is -0.221. The first kappa shape index (κ1) is 30.7. The molecule has 0 fully saturated rings. The minimum absolute atomic E-state index is 0.0376. The van der Waals surface area contributed by atoms with E-state index in [1.807, 2.05) is 25.1 Å². The molecule has 3 rings (SSSR count). The second-order valence-corrected chi connectivity index (χ2v) is 11.2. The Morgan fingerprint density at radius 3 is 1.56 bits per heavy atom. The Morgan fingerprint density at radius 1 is 0.590 bits per heavy atom. The van der Waals surface area contributed by atoms with Gasteiger partial charge in [0, 0.05) is 0 Å². The fourth-order valence-electron chi connectivity index (χ4n) is 5.19. The molecule has 0 amide bonds. The maximum absolute atomic E-state index is 12.1. The molecule has 0 aliphatic carbocycles. The number of hydrogen-bond acceptors (Lipinski definition) is 2. The summed E-state index contributed by atoms with van der Waals surface area (Å²) >= 11 is 0. The predicted molar refractivity (Wildman–Crippen MR) is 166 cm³/mol. The summed E-state index contributed by atoms with van der Waals surface area (Å²) in [4.78, 5) is 12.1. The Hall–Kier alpha value is -2.87. The zero-order chi connectivity index (χ0) is 27.5. The number of rotatable bonds is 19. The van der Waals surface area contributed by atoms with E-state index in [0.29, 0.717) is 5.56 Å². The quantitative estimate of drug-likeness (QED) is 0.115. The van der Waals surface area contributed by atoms with Gasteiger partial charge in [-0.05, 0) is 79.8 Å². The molecule has 0 N–H and O–H groups in total. The van der Waals surface area contributed by atoms with Gasteiger partial charge < -0.3 is 4.74 Å². The summed E-state index contributed by atoms with van der Waals surface area (Å²) in [6.07, 6.45) is 18.9. The summed E-state index contributed by atoms with van der Waals surface area (Å²) in [7, 11) is 0. The van der Waals surface area contributed by atoms with Crippen LogP contribution in [0.3, 0.4) is 0 Å². The number of carbonyl (C=O) groups is 1. The molecule has 0 radical (unpaired) electrons. The number of hydrogen-bond donors (Lipinski definition) is 0. The van der Waals surface area contributed by atoms with Crippen molar-refractivity contribution in [3.63, 3.8) is 0 Å². The van der Waals surface area contributed by atoms with E-state index in [1.165, 1.54) is 99.3 Å². The summed E-state index contributed by atoms with van der Waals surface area (Å²) in [6.45, 7) is 4.28. The zero-order valence-corrected chi connectivity index (χ0v) is 24.5. The number of esters is 1. The van der Waals surface area contributed by atoms with Crippen molar-refractivity contribution in [3.8, 4) is 11.1 Å². The van der Waals surface area contributed by atoms with Gasteiger partial charge in [-0.1, -0.05) is 131 Å². The molecule has 210 valence electrons. The molecule has 0 spiro atoms. The van der Waals surface area contributed by atoms with Crippen LogP contribution in [0.2, 0.25) is 0 Å². The van der Waals surface area contributed by atoms with E-state index in [2.05, 4.69) is 55.5 Å². The van der Waals surface area contributed by atoms with Crippen molar-refractivity contribution in [1.82, 2.24) is 0 Å². The van der Waals surface area contributed by atoms with Crippen LogP contribution in [0.1, 0.15) is 119 Å². The summed E-state index contributed by atoms with van der Waals surface area (Å²) in [6, 6.07) is 27.6. The first-order valence-electron chi connectivity index (χ1n) is 15.6. The van der Waals surface area contributed by atoms with E-state index in [9.17, 15) is 4.79 Å². The van der Waals surface area contributed by atoms with Gasteiger partial charge in [-0.15, -0.1) is 0 Å². The lowest BCUT2D eigenvalue weighted by Crippen LogP contribution is -2.14. The van der Waals surface area contributed by atoms with Crippen molar-refractivity contribution < 1.29 is 9.53 Å². The lowest BCUT2D eigenvalue weighted by molar-refractivity contribution is 0.0319. The summed E-state index contributed by atoms with van der Waals surface area (Å²) < 4.78 is 5.57. The molecule has 1 atom stereocenters. The highest BCUT2D eigenvalue weighted by Crippen LogP contribution is 2.22. The zero-order valence-electron chi connectivity index (χ0n) is 24.5. The van der Waals surface area contributed by atoms with Gasteiger partial charge in [0.25, 0.3) is 0 Å². The molecule has 3 aromatic rings. The highest BCUT2D eigenvalue weighted by Gasteiger charge is 2.11. The second-order valence-electron chi connectivity index (χ2n) is 11.2. The predicted octanol–water partition coefficient (Wildman–Crippen LogP) is 10.8. The SMILES string of the molecule is CCCCCCCCCCc1ccc(-c2ccc(CCCCCCC(C)OC(=O)c3ccccc3)cc2)cc1. The summed E-state index contributed by atoms with van der Waals surface area (Å²) in [5.41, 5.74) is 6.11. The molecule has 0 saturated heterocycles. The first-order valence-corrected chi connectivity index (χ1v) is 15.6. The van der Waals surface area contributed by atoms with Crippen molar-refractivity contribution >= 4 is 5.97 Å². The lowest BCUT2D eigenvalue weighted by Gasteiger charge is -2.13. The lowest BCUT2D eigenvalue weighted by atomic mass is 9.98. The topological polar surface area (TPSA) is 26.3 Å². The number of unbranched alkanes of at least 4 members (excludes halogenated alkanes) is 10. The molecule has 0 aliphatic heterocycles. The minimum Gasteiger partial charge on any atom is -0.459 e. The molecule has 0 saturated carbocycles. The smallest absolute Gasteiger partial charge is 0.338 e. The van der Waals surface area contributed by atoms with Gasteiger partial charge in [-0.25, -0.2) is 4.79 Å². The summed E-state index contributed by atoms with van der Waals surface area (Å²) in [5.74, 6) is -0.221. The van der Waals surface area contributed by atoms with Crippen molar-refractivity contribution in [2.45, 2.75) is 116 Å². The van der Waals surface area contributed by atoms with Gasteiger partial charge in [-0.2, -0.15) is 0 Å². The van der Waals surface area contributed by atoms with Gasteiger partial charge in [0.05, 0.1) is 11.7 Å². The Balaban J connectivity index is 1.26. The number of carbonyl (C=O) groups excluding carboxylic acids is 1. The van der Waals surface area contributed by atoms with Crippen LogP contribution in [0.4, 0.5) is 0 Å². The third-order valence-electron chi connectivity index (χ3n) is 7.70. The molecule has 39 heavy (non-hydrogen) atoms. The monoisotopic (exact) mass is 526 g/mol. The maximum Gasteiger partial charge on any atom is 0.338 e. The van der Waals surface area contributed by atoms with Crippen molar-refractivity contribution in [3.05, 3.63) is 95.6 Å². The average molecular weight is 527 g/mol. The van der Waals surface area contributed by atoms with Crippen molar-refractivity contribution in [2.75, 3.05) is 0 Å². The van der Waals surface area contributed by atoms with Crippen LogP contribution in [-0.4, -0.2) is 12.1 Å². The van der Waals surface area contributed by atoms with Gasteiger partial charge in [0.2, 0.25) is 0 Å². The molecule has 0 bridgehead atoms. The summed E-state index contributed by atoms with van der Waals surface area (Å²) in [5, 5.41) is 0. The second kappa shape index (κ2) is 18.4. The molecule has 3 aromatic carbocycles. The van der Waals surface area contributed by atoms with Gasteiger partial charge >= 0.3 is 5.97 Å². The fraction of sp³-hybridized carbons (Fsp3) is 0.486. The normalized spacial score (nSPS) is 11.8. The molecule has 2 nitrogen and oxygen atoms in total. The maximum atomic E-state index is 12.1. The van der Waals surface area contributed by atoms with Crippen LogP contribution < -0.4 is 0 Å². The van der Waals surface area contributed by atoms with E-state index >= 15 is 0 Å². The molecule has 1 unspecified atom stereocenters. The third-order valence-corrected chi connectivity index (χ3v) is 7.70. The van der Waals surface area contributed by atoms with Gasteiger partial charge in [0.1, 0.15) is 0 Å².